The molecule has 4 heteroatoms. The lowest BCUT2D eigenvalue weighted by Gasteiger charge is -2.06. The van der Waals surface area contributed by atoms with Gasteiger partial charge in [0.2, 0.25) is 11.8 Å². The Morgan fingerprint density at radius 1 is 0.824 bits per heavy atom. The molecule has 0 fully saturated rings. The van der Waals surface area contributed by atoms with Crippen LogP contribution in [0.3, 0.4) is 0 Å². The lowest BCUT2D eigenvalue weighted by molar-refractivity contribution is -0.118. The molecular formula is C13H22N2O2. The van der Waals surface area contributed by atoms with Gasteiger partial charge in [-0.3, -0.25) is 9.59 Å². The molecule has 0 saturated heterocycles. The molecule has 0 aliphatic rings. The number of nitrogens with one attached hydrogen (secondary N) is 2. The molecule has 0 saturated carbocycles. The maximum atomic E-state index is 11.1. The summed E-state index contributed by atoms with van der Waals surface area (Å²) in [5.41, 5.74) is 1.05. The third kappa shape index (κ3) is 8.25. The van der Waals surface area contributed by atoms with Crippen LogP contribution in [-0.2, 0) is 9.59 Å². The molecule has 0 aromatic heterocycles. The van der Waals surface area contributed by atoms with Crippen LogP contribution in [0.1, 0.15) is 33.1 Å². The summed E-state index contributed by atoms with van der Waals surface area (Å²) in [5.74, 6) is -0.193. The Hall–Kier alpha value is -1.58. The van der Waals surface area contributed by atoms with Gasteiger partial charge in [0.1, 0.15) is 0 Å². The highest BCUT2D eigenvalue weighted by Gasteiger charge is 2.01. The monoisotopic (exact) mass is 238 g/mol. The highest BCUT2D eigenvalue weighted by molar-refractivity contribution is 5.92. The van der Waals surface area contributed by atoms with E-state index in [0.29, 0.717) is 24.2 Å². The lowest BCUT2D eigenvalue weighted by Crippen LogP contribution is -2.26. The molecule has 0 bridgehead atoms. The van der Waals surface area contributed by atoms with Crippen LogP contribution < -0.4 is 10.6 Å². The minimum Gasteiger partial charge on any atom is -0.352 e. The maximum Gasteiger partial charge on any atom is 0.246 e. The van der Waals surface area contributed by atoms with E-state index in [2.05, 4.69) is 23.8 Å². The highest BCUT2D eigenvalue weighted by atomic mass is 16.2. The first-order valence-electron chi connectivity index (χ1n) is 5.82. The van der Waals surface area contributed by atoms with Crippen molar-refractivity contribution in [2.45, 2.75) is 33.1 Å². The highest BCUT2D eigenvalue weighted by Crippen LogP contribution is 1.94. The molecule has 0 aliphatic heterocycles. The van der Waals surface area contributed by atoms with Crippen LogP contribution in [0.25, 0.3) is 0 Å². The van der Waals surface area contributed by atoms with E-state index in [1.807, 2.05) is 0 Å². The first kappa shape index (κ1) is 15.4. The third-order valence-corrected chi connectivity index (χ3v) is 2.20. The van der Waals surface area contributed by atoms with E-state index in [9.17, 15) is 9.59 Å². The van der Waals surface area contributed by atoms with Crippen LogP contribution in [0.2, 0.25) is 0 Å². The molecule has 0 heterocycles. The van der Waals surface area contributed by atoms with Crippen molar-refractivity contribution >= 4 is 11.8 Å². The van der Waals surface area contributed by atoms with Gasteiger partial charge in [-0.25, -0.2) is 0 Å². The smallest absolute Gasteiger partial charge is 0.246 e. The summed E-state index contributed by atoms with van der Waals surface area (Å²) in [6, 6.07) is 0. The van der Waals surface area contributed by atoms with Crippen molar-refractivity contribution < 1.29 is 9.59 Å². The number of hydrogen-bond acceptors (Lipinski definition) is 2. The summed E-state index contributed by atoms with van der Waals surface area (Å²) >= 11 is 0. The minimum atomic E-state index is -0.0967. The van der Waals surface area contributed by atoms with Gasteiger partial charge in [-0.05, 0) is 33.1 Å². The van der Waals surface area contributed by atoms with Crippen molar-refractivity contribution in [2.24, 2.45) is 0 Å². The van der Waals surface area contributed by atoms with Crippen molar-refractivity contribution in [1.29, 1.82) is 0 Å². The van der Waals surface area contributed by atoms with E-state index in [1.165, 1.54) is 0 Å². The fourth-order valence-electron chi connectivity index (χ4n) is 1.13. The van der Waals surface area contributed by atoms with E-state index >= 15 is 0 Å². The molecular weight excluding hydrogens is 216 g/mol. The van der Waals surface area contributed by atoms with Crippen LogP contribution in [0.5, 0.6) is 0 Å². The van der Waals surface area contributed by atoms with Gasteiger partial charge in [0, 0.05) is 24.2 Å². The van der Waals surface area contributed by atoms with E-state index < -0.39 is 0 Å². The van der Waals surface area contributed by atoms with Crippen LogP contribution >= 0.6 is 0 Å². The van der Waals surface area contributed by atoms with Crippen LogP contribution in [0, 0.1) is 0 Å². The number of carbonyl (C=O) groups excluding carboxylic acids is 2. The molecule has 4 nitrogen and oxygen atoms in total. The standard InChI is InChI=1S/C13H22N2O2/c1-10(2)12(16)14-8-6-5-7-9-15-13(17)11(3)4/h1,3,5-9H2,2,4H3,(H,14,16)(H,15,17). The maximum absolute atomic E-state index is 11.1. The Bertz CT molecular complexity index is 279. The fourth-order valence-corrected chi connectivity index (χ4v) is 1.13. The normalized spacial score (nSPS) is 9.53. The van der Waals surface area contributed by atoms with Gasteiger partial charge in [-0.1, -0.05) is 13.2 Å². The minimum absolute atomic E-state index is 0.0967. The Morgan fingerprint density at radius 3 is 1.47 bits per heavy atom. The van der Waals surface area contributed by atoms with E-state index in [-0.39, 0.29) is 11.8 Å². The molecule has 96 valence electrons. The summed E-state index contributed by atoms with van der Waals surface area (Å²) in [6.07, 6.45) is 2.77. The van der Waals surface area contributed by atoms with Crippen molar-refractivity contribution in [3.8, 4) is 0 Å². The molecule has 0 unspecified atom stereocenters. The average molecular weight is 238 g/mol. The Kier molecular flexibility index (Phi) is 7.76. The van der Waals surface area contributed by atoms with Crippen LogP contribution in [0.4, 0.5) is 0 Å². The fraction of sp³-hybridized carbons (Fsp3) is 0.538. The summed E-state index contributed by atoms with van der Waals surface area (Å²) in [6.45, 7) is 11.8. The Morgan fingerprint density at radius 2 is 1.18 bits per heavy atom. The first-order valence-corrected chi connectivity index (χ1v) is 5.82. The zero-order valence-electron chi connectivity index (χ0n) is 10.8. The first-order chi connectivity index (χ1) is 7.95. The van der Waals surface area contributed by atoms with Gasteiger partial charge in [0.25, 0.3) is 0 Å². The summed E-state index contributed by atoms with van der Waals surface area (Å²) < 4.78 is 0. The number of rotatable bonds is 8. The zero-order valence-corrected chi connectivity index (χ0v) is 10.8. The Labute approximate surface area is 103 Å². The van der Waals surface area contributed by atoms with Crippen molar-refractivity contribution in [1.82, 2.24) is 10.6 Å². The topological polar surface area (TPSA) is 58.2 Å². The molecule has 0 atom stereocenters. The predicted molar refractivity (Wildman–Crippen MR) is 69.5 cm³/mol. The molecule has 17 heavy (non-hydrogen) atoms. The van der Waals surface area contributed by atoms with Gasteiger partial charge >= 0.3 is 0 Å². The summed E-state index contributed by atoms with van der Waals surface area (Å²) in [4.78, 5) is 22.2. The average Bonchev–Trinajstić information content (AvgIpc) is 2.26. The van der Waals surface area contributed by atoms with E-state index in [1.54, 1.807) is 13.8 Å². The van der Waals surface area contributed by atoms with E-state index in [4.69, 9.17) is 0 Å². The van der Waals surface area contributed by atoms with Gasteiger partial charge in [-0.2, -0.15) is 0 Å². The molecule has 0 aromatic carbocycles. The number of amides is 2. The van der Waals surface area contributed by atoms with Crippen molar-refractivity contribution in [2.75, 3.05) is 13.1 Å². The molecule has 0 aromatic rings. The SMILES string of the molecule is C=C(C)C(=O)NCCCCCNC(=O)C(=C)C. The second kappa shape index (κ2) is 8.56. The van der Waals surface area contributed by atoms with Gasteiger partial charge < -0.3 is 10.6 Å². The predicted octanol–water partition coefficient (Wildman–Crippen LogP) is 1.54. The van der Waals surface area contributed by atoms with Gasteiger partial charge in [0.15, 0.2) is 0 Å². The van der Waals surface area contributed by atoms with Crippen molar-refractivity contribution in [3.63, 3.8) is 0 Å². The summed E-state index contributed by atoms with van der Waals surface area (Å²) in [7, 11) is 0. The second-order valence-corrected chi connectivity index (χ2v) is 4.13. The molecule has 2 amide bonds. The number of hydrogen-bond donors (Lipinski definition) is 2. The van der Waals surface area contributed by atoms with Crippen LogP contribution in [0.15, 0.2) is 24.3 Å². The van der Waals surface area contributed by atoms with Crippen LogP contribution in [-0.4, -0.2) is 24.9 Å². The Balaban J connectivity index is 3.36. The molecule has 0 spiro atoms. The zero-order chi connectivity index (χ0) is 13.3. The lowest BCUT2D eigenvalue weighted by atomic mass is 10.2. The second-order valence-electron chi connectivity index (χ2n) is 4.13. The number of carbonyl (C=O) groups is 2. The summed E-state index contributed by atoms with van der Waals surface area (Å²) in [5, 5.41) is 5.52. The molecule has 0 radical (unpaired) electrons. The molecule has 2 N–H and O–H groups in total. The van der Waals surface area contributed by atoms with E-state index in [0.717, 1.165) is 19.3 Å². The van der Waals surface area contributed by atoms with Crippen molar-refractivity contribution in [3.05, 3.63) is 24.3 Å². The molecule has 0 aliphatic carbocycles. The number of unbranched alkanes of at least 4 members (excludes halogenated alkanes) is 2. The largest absolute Gasteiger partial charge is 0.352 e. The third-order valence-electron chi connectivity index (χ3n) is 2.20. The molecule has 0 rings (SSSR count). The van der Waals surface area contributed by atoms with Gasteiger partial charge in [-0.15, -0.1) is 0 Å². The van der Waals surface area contributed by atoms with Gasteiger partial charge in [0.05, 0.1) is 0 Å². The quantitative estimate of drug-likeness (QED) is 0.498.